The Balaban J connectivity index is 2.77. The van der Waals surface area contributed by atoms with Crippen molar-refractivity contribution in [3.8, 4) is 0 Å². The van der Waals surface area contributed by atoms with Crippen molar-refractivity contribution in [1.82, 2.24) is 4.90 Å². The number of benzene rings is 1. The molecule has 0 unspecified atom stereocenters. The van der Waals surface area contributed by atoms with Gasteiger partial charge in [-0.25, -0.2) is 4.39 Å². The summed E-state index contributed by atoms with van der Waals surface area (Å²) in [6, 6.07) is 6.14. The van der Waals surface area contributed by atoms with E-state index in [0.29, 0.717) is 13.1 Å². The van der Waals surface area contributed by atoms with E-state index < -0.39 is 0 Å². The van der Waals surface area contributed by atoms with Gasteiger partial charge in [-0.1, -0.05) is 0 Å². The molecule has 0 saturated heterocycles. The minimum absolute atomic E-state index is 0.0105. The number of carbonyl (C=O) groups is 1. The molecule has 0 spiro atoms. The zero-order valence-corrected chi connectivity index (χ0v) is 10.9. The first kappa shape index (κ1) is 14.4. The van der Waals surface area contributed by atoms with E-state index >= 15 is 0 Å². The number of amides is 1. The molecule has 0 aliphatic rings. The number of carbonyl (C=O) groups excluding carboxylic acids is 1. The average Bonchev–Trinajstić information content (AvgIpc) is 2.35. The van der Waals surface area contributed by atoms with E-state index in [0.717, 1.165) is 12.1 Å². The maximum Gasteiger partial charge on any atom is 0.241 e. The lowest BCUT2D eigenvalue weighted by Gasteiger charge is -2.25. The second-order valence-corrected chi connectivity index (χ2v) is 4.33. The molecular weight excluding hydrogens is 233 g/mol. The maximum absolute atomic E-state index is 12.9. The number of halogens is 1. The molecule has 2 N–H and O–H groups in total. The number of hydrogen-bond donors (Lipinski definition) is 1. The highest BCUT2D eigenvalue weighted by Crippen LogP contribution is 2.15. The van der Waals surface area contributed by atoms with Gasteiger partial charge in [0.1, 0.15) is 5.82 Å². The lowest BCUT2D eigenvalue weighted by molar-refractivity contribution is -0.127. The van der Waals surface area contributed by atoms with Gasteiger partial charge in [0.15, 0.2) is 0 Å². The van der Waals surface area contributed by atoms with Gasteiger partial charge in [0.2, 0.25) is 5.91 Å². The van der Waals surface area contributed by atoms with Crippen molar-refractivity contribution < 1.29 is 9.18 Å². The van der Waals surface area contributed by atoms with Gasteiger partial charge in [0.05, 0.1) is 6.54 Å². The van der Waals surface area contributed by atoms with E-state index in [1.54, 1.807) is 31.1 Å². The first-order valence-corrected chi connectivity index (χ1v) is 5.95. The van der Waals surface area contributed by atoms with Crippen LogP contribution in [0.4, 0.5) is 10.1 Å². The van der Waals surface area contributed by atoms with Crippen LogP contribution in [-0.2, 0) is 4.79 Å². The Labute approximate surface area is 107 Å². The van der Waals surface area contributed by atoms with Gasteiger partial charge in [-0.15, -0.1) is 0 Å². The Bertz CT molecular complexity index is 378. The smallest absolute Gasteiger partial charge is 0.241 e. The molecular formula is C13H20FN3O. The summed E-state index contributed by atoms with van der Waals surface area (Å²) in [6.07, 6.45) is 0.790. The molecule has 0 heterocycles. The Morgan fingerprint density at radius 1 is 1.28 bits per heavy atom. The van der Waals surface area contributed by atoms with Crippen molar-refractivity contribution in [1.29, 1.82) is 0 Å². The molecule has 0 aliphatic carbocycles. The largest absolute Gasteiger partial charge is 0.362 e. The fourth-order valence-electron chi connectivity index (χ4n) is 1.54. The van der Waals surface area contributed by atoms with Crippen molar-refractivity contribution >= 4 is 11.6 Å². The molecule has 18 heavy (non-hydrogen) atoms. The van der Waals surface area contributed by atoms with Gasteiger partial charge in [0, 0.05) is 26.3 Å². The zero-order chi connectivity index (χ0) is 13.5. The van der Waals surface area contributed by atoms with Gasteiger partial charge < -0.3 is 15.5 Å². The molecule has 0 aliphatic heterocycles. The third-order valence-corrected chi connectivity index (χ3v) is 2.65. The summed E-state index contributed by atoms with van der Waals surface area (Å²) in [5.74, 6) is -0.271. The van der Waals surface area contributed by atoms with E-state index in [9.17, 15) is 9.18 Å². The Hall–Kier alpha value is -1.62. The molecule has 1 aromatic rings. The third kappa shape index (κ3) is 4.33. The molecule has 1 aromatic carbocycles. The number of rotatable bonds is 6. The molecule has 0 aromatic heterocycles. The van der Waals surface area contributed by atoms with Crippen LogP contribution in [0.2, 0.25) is 0 Å². The summed E-state index contributed by atoms with van der Waals surface area (Å²) < 4.78 is 12.9. The molecule has 0 radical (unpaired) electrons. The number of nitrogens with zero attached hydrogens (tertiary/aromatic N) is 2. The SMILES string of the molecule is CN(C)C(=O)CN(CCCN)c1ccc(F)cc1. The van der Waals surface area contributed by atoms with Crippen LogP contribution in [0, 0.1) is 5.82 Å². The fraction of sp³-hybridized carbons (Fsp3) is 0.462. The molecule has 5 heteroatoms. The second kappa shape index (κ2) is 6.96. The lowest BCUT2D eigenvalue weighted by atomic mass is 10.2. The summed E-state index contributed by atoms with van der Waals surface area (Å²) in [5.41, 5.74) is 6.32. The van der Waals surface area contributed by atoms with E-state index in [-0.39, 0.29) is 18.3 Å². The molecule has 1 rings (SSSR count). The number of likely N-dealkylation sites (N-methyl/N-ethyl adjacent to an activating group) is 1. The highest BCUT2D eigenvalue weighted by atomic mass is 19.1. The van der Waals surface area contributed by atoms with E-state index in [1.807, 2.05) is 4.90 Å². The molecule has 100 valence electrons. The van der Waals surface area contributed by atoms with Gasteiger partial charge >= 0.3 is 0 Å². The molecule has 0 saturated carbocycles. The van der Waals surface area contributed by atoms with E-state index in [2.05, 4.69) is 0 Å². The minimum atomic E-state index is -0.281. The summed E-state index contributed by atoms with van der Waals surface area (Å²) in [7, 11) is 3.43. The van der Waals surface area contributed by atoms with E-state index in [1.165, 1.54) is 12.1 Å². The van der Waals surface area contributed by atoms with Gasteiger partial charge in [-0.05, 0) is 37.2 Å². The standard InChI is InChI=1S/C13H20FN3O/c1-16(2)13(18)10-17(9-3-8-15)12-6-4-11(14)5-7-12/h4-7H,3,8-10,15H2,1-2H3. The average molecular weight is 253 g/mol. The first-order chi connectivity index (χ1) is 8.54. The van der Waals surface area contributed by atoms with Gasteiger partial charge in [0.25, 0.3) is 0 Å². The summed E-state index contributed by atoms with van der Waals surface area (Å²) in [5, 5.41) is 0. The van der Waals surface area contributed by atoms with Crippen LogP contribution in [0.15, 0.2) is 24.3 Å². The Morgan fingerprint density at radius 2 is 1.89 bits per heavy atom. The Morgan fingerprint density at radius 3 is 2.39 bits per heavy atom. The van der Waals surface area contributed by atoms with E-state index in [4.69, 9.17) is 5.73 Å². The van der Waals surface area contributed by atoms with Crippen molar-refractivity contribution in [3.63, 3.8) is 0 Å². The van der Waals surface area contributed by atoms with Crippen molar-refractivity contribution in [2.24, 2.45) is 5.73 Å². The topological polar surface area (TPSA) is 49.6 Å². The summed E-state index contributed by atoms with van der Waals surface area (Å²) in [6.45, 7) is 1.52. The predicted molar refractivity (Wildman–Crippen MR) is 71.0 cm³/mol. The number of hydrogen-bond acceptors (Lipinski definition) is 3. The quantitative estimate of drug-likeness (QED) is 0.825. The van der Waals surface area contributed by atoms with Crippen molar-refractivity contribution in [3.05, 3.63) is 30.1 Å². The monoisotopic (exact) mass is 253 g/mol. The third-order valence-electron chi connectivity index (χ3n) is 2.65. The minimum Gasteiger partial charge on any atom is -0.362 e. The van der Waals surface area contributed by atoms with Crippen LogP contribution in [0.25, 0.3) is 0 Å². The maximum atomic E-state index is 12.9. The lowest BCUT2D eigenvalue weighted by Crippen LogP contribution is -2.37. The molecule has 0 fully saturated rings. The highest BCUT2D eigenvalue weighted by Gasteiger charge is 2.12. The molecule has 1 amide bonds. The number of anilines is 1. The molecule has 0 atom stereocenters. The zero-order valence-electron chi connectivity index (χ0n) is 10.9. The van der Waals surface area contributed by atoms with Crippen molar-refractivity contribution in [2.75, 3.05) is 38.6 Å². The normalized spacial score (nSPS) is 10.2. The summed E-state index contributed by atoms with van der Waals surface area (Å²) >= 11 is 0. The van der Waals surface area contributed by atoms with Crippen LogP contribution < -0.4 is 10.6 Å². The highest BCUT2D eigenvalue weighted by molar-refractivity contribution is 5.81. The van der Waals surface area contributed by atoms with Crippen LogP contribution >= 0.6 is 0 Å². The first-order valence-electron chi connectivity index (χ1n) is 5.95. The molecule has 4 nitrogen and oxygen atoms in total. The number of nitrogens with two attached hydrogens (primary N) is 1. The molecule has 0 bridgehead atoms. The Kier molecular flexibility index (Phi) is 5.58. The predicted octanol–water partition coefficient (Wildman–Crippen LogP) is 1.07. The van der Waals surface area contributed by atoms with Gasteiger partial charge in [-0.2, -0.15) is 0 Å². The van der Waals surface area contributed by atoms with Crippen molar-refractivity contribution in [2.45, 2.75) is 6.42 Å². The van der Waals surface area contributed by atoms with Gasteiger partial charge in [-0.3, -0.25) is 4.79 Å². The summed E-state index contributed by atoms with van der Waals surface area (Å²) in [4.78, 5) is 15.2. The second-order valence-electron chi connectivity index (χ2n) is 4.33. The fourth-order valence-corrected chi connectivity index (χ4v) is 1.54. The van der Waals surface area contributed by atoms with Crippen LogP contribution in [0.5, 0.6) is 0 Å². The van der Waals surface area contributed by atoms with Crippen LogP contribution in [0.3, 0.4) is 0 Å². The van der Waals surface area contributed by atoms with Crippen LogP contribution in [-0.4, -0.2) is 44.5 Å². The van der Waals surface area contributed by atoms with Crippen LogP contribution in [0.1, 0.15) is 6.42 Å².